The van der Waals surface area contributed by atoms with Crippen LogP contribution in [0.1, 0.15) is 19.8 Å². The number of hydrogen-bond acceptors (Lipinski definition) is 4. The van der Waals surface area contributed by atoms with Gasteiger partial charge in [-0.25, -0.2) is 4.79 Å². The molecule has 2 atom stereocenters. The molecule has 1 amide bonds. The number of carbonyl (C=O) groups is 2. The first-order valence-electron chi connectivity index (χ1n) is 7.26. The van der Waals surface area contributed by atoms with E-state index in [2.05, 4.69) is 17.6 Å². The van der Waals surface area contributed by atoms with Crippen LogP contribution in [0.4, 0.5) is 13.2 Å². The van der Waals surface area contributed by atoms with Crippen molar-refractivity contribution in [1.82, 2.24) is 15.5 Å². The average molecular weight is 325 g/mol. The summed E-state index contributed by atoms with van der Waals surface area (Å²) in [7, 11) is 0. The number of carbonyl (C=O) groups excluding carboxylic acids is 1. The molecule has 0 aromatic rings. The number of amides is 1. The minimum atomic E-state index is -5.08. The number of alkyl halides is 3. The zero-order valence-electron chi connectivity index (χ0n) is 12.4. The number of carboxylic acids is 1. The lowest BCUT2D eigenvalue weighted by Crippen LogP contribution is -2.56. The van der Waals surface area contributed by atoms with Crippen LogP contribution in [-0.2, 0) is 9.59 Å². The number of rotatable bonds is 1. The summed E-state index contributed by atoms with van der Waals surface area (Å²) in [5.41, 5.74) is 0. The largest absolute Gasteiger partial charge is 0.490 e. The van der Waals surface area contributed by atoms with Gasteiger partial charge < -0.3 is 20.6 Å². The summed E-state index contributed by atoms with van der Waals surface area (Å²) >= 11 is 0. The molecule has 2 rings (SSSR count). The van der Waals surface area contributed by atoms with Gasteiger partial charge in [-0.15, -0.1) is 0 Å². The van der Waals surface area contributed by atoms with Crippen molar-refractivity contribution in [2.75, 3.05) is 32.7 Å². The lowest BCUT2D eigenvalue weighted by atomic mass is 9.91. The van der Waals surface area contributed by atoms with Crippen LogP contribution in [0, 0.1) is 5.92 Å². The molecular weight excluding hydrogens is 303 g/mol. The van der Waals surface area contributed by atoms with E-state index in [4.69, 9.17) is 9.90 Å². The Kier molecular flexibility index (Phi) is 7.08. The summed E-state index contributed by atoms with van der Waals surface area (Å²) in [4.78, 5) is 23.1. The highest BCUT2D eigenvalue weighted by Gasteiger charge is 2.38. The van der Waals surface area contributed by atoms with Gasteiger partial charge in [-0.3, -0.25) is 4.79 Å². The Morgan fingerprint density at radius 3 is 2.18 bits per heavy atom. The first kappa shape index (κ1) is 18.7. The molecule has 2 saturated heterocycles. The Morgan fingerprint density at radius 2 is 1.73 bits per heavy atom. The summed E-state index contributed by atoms with van der Waals surface area (Å²) < 4.78 is 31.7. The molecule has 0 saturated carbocycles. The third-order valence-electron chi connectivity index (χ3n) is 3.71. The number of aliphatic carboxylic acids is 1. The van der Waals surface area contributed by atoms with E-state index >= 15 is 0 Å². The van der Waals surface area contributed by atoms with Crippen molar-refractivity contribution in [3.63, 3.8) is 0 Å². The summed E-state index contributed by atoms with van der Waals surface area (Å²) in [6, 6.07) is 0.0665. The maximum atomic E-state index is 12.2. The predicted octanol–water partition coefficient (Wildman–Crippen LogP) is 0.440. The summed E-state index contributed by atoms with van der Waals surface area (Å²) in [6.45, 7) is 6.77. The van der Waals surface area contributed by atoms with Crippen molar-refractivity contribution in [2.45, 2.75) is 32.0 Å². The zero-order valence-corrected chi connectivity index (χ0v) is 12.4. The van der Waals surface area contributed by atoms with Gasteiger partial charge in [0.05, 0.1) is 6.04 Å². The fourth-order valence-electron chi connectivity index (χ4n) is 2.46. The van der Waals surface area contributed by atoms with E-state index in [-0.39, 0.29) is 6.04 Å². The Hall–Kier alpha value is -1.35. The van der Waals surface area contributed by atoms with Crippen molar-refractivity contribution in [3.05, 3.63) is 0 Å². The molecule has 2 unspecified atom stereocenters. The maximum absolute atomic E-state index is 12.2. The second-order valence-corrected chi connectivity index (χ2v) is 5.43. The van der Waals surface area contributed by atoms with Gasteiger partial charge in [-0.05, 0) is 25.3 Å². The molecule has 0 aromatic carbocycles. The molecule has 2 aliphatic rings. The molecule has 0 spiro atoms. The van der Waals surface area contributed by atoms with Crippen molar-refractivity contribution in [3.8, 4) is 0 Å². The smallest absolute Gasteiger partial charge is 0.475 e. The Balaban J connectivity index is 0.000000295. The van der Waals surface area contributed by atoms with Gasteiger partial charge >= 0.3 is 12.1 Å². The molecule has 128 valence electrons. The number of piperazine rings is 1. The van der Waals surface area contributed by atoms with E-state index in [1.165, 1.54) is 12.8 Å². The van der Waals surface area contributed by atoms with Gasteiger partial charge in [0.2, 0.25) is 5.91 Å². The molecule has 2 aliphatic heterocycles. The standard InChI is InChI=1S/C11H21N3O.C2HF3O2/c1-9-3-2-4-13-10(9)11(15)14-7-5-12-6-8-14;3-2(4,5)1(6)7/h9-10,12-13H,2-8H2,1H3;(H,6,7). The van der Waals surface area contributed by atoms with Crippen LogP contribution in [0.3, 0.4) is 0 Å². The number of nitrogens with one attached hydrogen (secondary N) is 2. The normalized spacial score (nSPS) is 25.9. The Labute approximate surface area is 127 Å². The lowest BCUT2D eigenvalue weighted by Gasteiger charge is -2.35. The summed E-state index contributed by atoms with van der Waals surface area (Å²) in [6.07, 6.45) is -2.71. The molecule has 2 heterocycles. The Bertz CT molecular complexity index is 384. The van der Waals surface area contributed by atoms with Gasteiger partial charge in [0.1, 0.15) is 0 Å². The molecule has 3 N–H and O–H groups in total. The lowest BCUT2D eigenvalue weighted by molar-refractivity contribution is -0.192. The number of carboxylic acid groups (broad SMARTS) is 1. The summed E-state index contributed by atoms with van der Waals surface area (Å²) in [5, 5.41) is 13.7. The number of hydrogen-bond donors (Lipinski definition) is 3. The van der Waals surface area contributed by atoms with Crippen LogP contribution < -0.4 is 10.6 Å². The number of piperidine rings is 1. The highest BCUT2D eigenvalue weighted by Crippen LogP contribution is 2.17. The number of halogens is 3. The third kappa shape index (κ3) is 5.80. The third-order valence-corrected chi connectivity index (χ3v) is 3.71. The van der Waals surface area contributed by atoms with Crippen molar-refractivity contribution < 1.29 is 27.9 Å². The SMILES string of the molecule is CC1CCCNC1C(=O)N1CCNCC1.O=C(O)C(F)(F)F. The monoisotopic (exact) mass is 325 g/mol. The van der Waals surface area contributed by atoms with E-state index in [1.54, 1.807) is 0 Å². The minimum Gasteiger partial charge on any atom is -0.475 e. The topological polar surface area (TPSA) is 81.7 Å². The first-order chi connectivity index (χ1) is 10.2. The van der Waals surface area contributed by atoms with Crippen LogP contribution >= 0.6 is 0 Å². The van der Waals surface area contributed by atoms with E-state index in [9.17, 15) is 18.0 Å². The molecule has 0 aliphatic carbocycles. The quantitative estimate of drug-likeness (QED) is 0.652. The molecule has 9 heteroatoms. The van der Waals surface area contributed by atoms with Crippen molar-refractivity contribution >= 4 is 11.9 Å². The molecule has 0 bridgehead atoms. The fraction of sp³-hybridized carbons (Fsp3) is 0.846. The van der Waals surface area contributed by atoms with Crippen LogP contribution in [0.2, 0.25) is 0 Å². The van der Waals surface area contributed by atoms with Gasteiger partial charge in [0.15, 0.2) is 0 Å². The van der Waals surface area contributed by atoms with E-state index in [0.717, 1.165) is 32.7 Å². The molecule has 6 nitrogen and oxygen atoms in total. The van der Waals surface area contributed by atoms with Crippen molar-refractivity contribution in [1.29, 1.82) is 0 Å². The van der Waals surface area contributed by atoms with E-state index in [1.807, 2.05) is 4.90 Å². The summed E-state index contributed by atoms with van der Waals surface area (Å²) in [5.74, 6) is -1.96. The minimum absolute atomic E-state index is 0.0665. The maximum Gasteiger partial charge on any atom is 0.490 e. The fourth-order valence-corrected chi connectivity index (χ4v) is 2.46. The van der Waals surface area contributed by atoms with Gasteiger partial charge in [0, 0.05) is 26.2 Å². The molecule has 0 radical (unpaired) electrons. The second-order valence-electron chi connectivity index (χ2n) is 5.43. The molecule has 2 fully saturated rings. The van der Waals surface area contributed by atoms with Crippen molar-refractivity contribution in [2.24, 2.45) is 5.92 Å². The Morgan fingerprint density at radius 1 is 1.18 bits per heavy atom. The van der Waals surface area contributed by atoms with Gasteiger partial charge in [-0.1, -0.05) is 6.92 Å². The highest BCUT2D eigenvalue weighted by molar-refractivity contribution is 5.82. The van der Waals surface area contributed by atoms with Crippen LogP contribution in [-0.4, -0.2) is 66.8 Å². The average Bonchev–Trinajstić information content (AvgIpc) is 2.47. The molecular formula is C13H22F3N3O3. The zero-order chi connectivity index (χ0) is 16.8. The van der Waals surface area contributed by atoms with Crippen LogP contribution in [0.25, 0.3) is 0 Å². The highest BCUT2D eigenvalue weighted by atomic mass is 19.4. The second kappa shape index (κ2) is 8.33. The molecule has 0 aromatic heterocycles. The molecule has 22 heavy (non-hydrogen) atoms. The van der Waals surface area contributed by atoms with Gasteiger partial charge in [0.25, 0.3) is 0 Å². The first-order valence-corrected chi connectivity index (χ1v) is 7.26. The van der Waals surface area contributed by atoms with Crippen LogP contribution in [0.5, 0.6) is 0 Å². The van der Waals surface area contributed by atoms with E-state index in [0.29, 0.717) is 11.8 Å². The van der Waals surface area contributed by atoms with E-state index < -0.39 is 12.1 Å². The van der Waals surface area contributed by atoms with Crippen LogP contribution in [0.15, 0.2) is 0 Å². The van der Waals surface area contributed by atoms with Gasteiger partial charge in [-0.2, -0.15) is 13.2 Å². The number of nitrogens with zero attached hydrogens (tertiary/aromatic N) is 1. The predicted molar refractivity (Wildman–Crippen MR) is 73.3 cm³/mol.